The van der Waals surface area contributed by atoms with E-state index in [-0.39, 0.29) is 18.1 Å². The van der Waals surface area contributed by atoms with Gasteiger partial charge in [0.05, 0.1) is 12.3 Å². The largest absolute Gasteiger partial charge is 0.508 e. The van der Waals surface area contributed by atoms with Crippen LogP contribution in [0.15, 0.2) is 76.5 Å². The molecule has 2 aromatic carbocycles. The van der Waals surface area contributed by atoms with Crippen molar-refractivity contribution in [2.45, 2.75) is 60.0 Å². The molecule has 6 nitrogen and oxygen atoms in total. The number of carbonyl (C=O) groups is 1. The number of aliphatic hydroxyl groups is 2. The summed E-state index contributed by atoms with van der Waals surface area (Å²) in [6.07, 6.45) is 1.59. The number of ketones is 1. The summed E-state index contributed by atoms with van der Waals surface area (Å²) >= 11 is 0. The predicted molar refractivity (Wildman–Crippen MR) is 150 cm³/mol. The first kappa shape index (κ1) is 27.2. The van der Waals surface area contributed by atoms with Crippen LogP contribution >= 0.6 is 0 Å². The fourth-order valence-electron chi connectivity index (χ4n) is 4.76. The van der Waals surface area contributed by atoms with Gasteiger partial charge < -0.3 is 20.0 Å². The summed E-state index contributed by atoms with van der Waals surface area (Å²) in [4.78, 5) is 21.9. The minimum atomic E-state index is -0.410. The summed E-state index contributed by atoms with van der Waals surface area (Å²) in [5.74, 6) is -0.525. The normalized spacial score (nSPS) is 15.2. The first-order chi connectivity index (χ1) is 17.2. The lowest BCUT2D eigenvalue weighted by atomic mass is 9.89. The molecule has 0 aliphatic heterocycles. The van der Waals surface area contributed by atoms with Crippen LogP contribution in [-0.2, 0) is 11.2 Å². The van der Waals surface area contributed by atoms with Crippen molar-refractivity contribution in [3.05, 3.63) is 77.1 Å². The monoisotopic (exact) mass is 489 g/mol. The molecule has 0 saturated carbocycles. The van der Waals surface area contributed by atoms with Crippen LogP contribution in [0.1, 0.15) is 47.1 Å². The number of nitrogens with zero attached hydrogens (tertiary/aromatic N) is 3. The Morgan fingerprint density at radius 2 is 1.31 bits per heavy atom. The second kappa shape index (κ2) is 12.0. The Kier molecular flexibility index (Phi) is 9.10. The highest BCUT2D eigenvalue weighted by atomic mass is 16.3. The number of hydrogen-bond donors (Lipinski definition) is 2. The molecule has 0 bridgehead atoms. The number of carbonyl (C=O) groups excluding carboxylic acids is 1. The van der Waals surface area contributed by atoms with E-state index in [2.05, 4.69) is 68.5 Å². The minimum Gasteiger partial charge on any atom is -0.508 e. The Labute approximate surface area is 215 Å². The molecule has 0 atom stereocenters. The molecule has 6 heteroatoms. The van der Waals surface area contributed by atoms with Crippen molar-refractivity contribution in [1.29, 1.82) is 0 Å². The molecule has 1 aliphatic carbocycles. The van der Waals surface area contributed by atoms with Crippen molar-refractivity contribution in [2.75, 3.05) is 29.5 Å². The van der Waals surface area contributed by atoms with Crippen molar-refractivity contribution >= 4 is 28.6 Å². The van der Waals surface area contributed by atoms with Crippen LogP contribution in [0.2, 0.25) is 0 Å². The number of aliphatic imine (C=N–C) groups is 1. The van der Waals surface area contributed by atoms with Gasteiger partial charge >= 0.3 is 0 Å². The first-order valence-electron chi connectivity index (χ1n) is 12.8. The SMILES string of the molecule is CCN(c1ccc(CC2=C(CO)C(=Nc3ccc(N(CC)C(C)C)cc3)C(=O)C=C2O)cc1)C(C)C. The Balaban J connectivity index is 1.92. The quantitative estimate of drug-likeness (QED) is 0.414. The van der Waals surface area contributed by atoms with Gasteiger partial charge in [-0.2, -0.15) is 0 Å². The van der Waals surface area contributed by atoms with Gasteiger partial charge in [-0.15, -0.1) is 0 Å². The molecular weight excluding hydrogens is 450 g/mol. The van der Waals surface area contributed by atoms with E-state index in [1.165, 1.54) is 6.08 Å². The topological polar surface area (TPSA) is 76.4 Å². The molecular formula is C30H39N3O3. The van der Waals surface area contributed by atoms with Crippen LogP contribution in [-0.4, -0.2) is 53.5 Å². The van der Waals surface area contributed by atoms with E-state index in [4.69, 9.17) is 0 Å². The van der Waals surface area contributed by atoms with E-state index < -0.39 is 5.78 Å². The molecule has 0 aromatic heterocycles. The van der Waals surface area contributed by atoms with E-state index >= 15 is 0 Å². The maximum atomic E-state index is 12.8. The molecule has 0 radical (unpaired) electrons. The first-order valence-corrected chi connectivity index (χ1v) is 12.8. The molecule has 2 N–H and O–H groups in total. The number of aliphatic hydroxyl groups excluding tert-OH is 2. The van der Waals surface area contributed by atoms with E-state index in [9.17, 15) is 15.0 Å². The Morgan fingerprint density at radius 3 is 1.75 bits per heavy atom. The Hall–Kier alpha value is -3.38. The Morgan fingerprint density at radius 1 is 0.806 bits per heavy atom. The third kappa shape index (κ3) is 6.05. The predicted octanol–water partition coefficient (Wildman–Crippen LogP) is 5.78. The third-order valence-electron chi connectivity index (χ3n) is 6.62. The van der Waals surface area contributed by atoms with Gasteiger partial charge in [-0.25, -0.2) is 4.99 Å². The highest BCUT2D eigenvalue weighted by Gasteiger charge is 2.27. The molecule has 2 aromatic rings. The van der Waals surface area contributed by atoms with E-state index in [0.717, 1.165) is 30.0 Å². The molecule has 0 fully saturated rings. The zero-order valence-corrected chi connectivity index (χ0v) is 22.3. The summed E-state index contributed by atoms with van der Waals surface area (Å²) in [7, 11) is 0. The summed E-state index contributed by atoms with van der Waals surface area (Å²) < 4.78 is 0. The minimum absolute atomic E-state index is 0.115. The molecule has 0 unspecified atom stereocenters. The zero-order valence-electron chi connectivity index (χ0n) is 22.3. The zero-order chi connectivity index (χ0) is 26.4. The standard InChI is InChI=1S/C30H39N3O3/c1-7-32(20(3)4)24-13-9-22(10-14-24)17-26-27(19-34)30(29(36)18-28(26)35)31-23-11-15-25(16-12-23)33(8-2)21(5)6/h9-16,18,20-21,34-35H,7-8,17,19H2,1-6H3. The van der Waals surface area contributed by atoms with Crippen molar-refractivity contribution in [3.8, 4) is 0 Å². The van der Waals surface area contributed by atoms with Crippen LogP contribution < -0.4 is 9.80 Å². The van der Waals surface area contributed by atoms with Gasteiger partial charge in [0.1, 0.15) is 11.5 Å². The van der Waals surface area contributed by atoms with Gasteiger partial charge in [0.25, 0.3) is 0 Å². The van der Waals surface area contributed by atoms with Crippen LogP contribution in [0.25, 0.3) is 0 Å². The highest BCUT2D eigenvalue weighted by molar-refractivity contribution is 6.51. The fraction of sp³-hybridized carbons (Fsp3) is 0.400. The molecule has 192 valence electrons. The lowest BCUT2D eigenvalue weighted by Gasteiger charge is -2.27. The van der Waals surface area contributed by atoms with Gasteiger partial charge in [-0.1, -0.05) is 12.1 Å². The van der Waals surface area contributed by atoms with Crippen LogP contribution in [0.4, 0.5) is 17.1 Å². The van der Waals surface area contributed by atoms with Crippen molar-refractivity contribution in [2.24, 2.45) is 4.99 Å². The number of benzene rings is 2. The second-order valence-corrected chi connectivity index (χ2v) is 9.59. The van der Waals surface area contributed by atoms with Crippen molar-refractivity contribution in [3.63, 3.8) is 0 Å². The smallest absolute Gasteiger partial charge is 0.208 e. The molecule has 0 heterocycles. The molecule has 3 rings (SSSR count). The summed E-state index contributed by atoms with van der Waals surface area (Å²) in [6, 6.07) is 16.7. The molecule has 0 saturated heterocycles. The summed E-state index contributed by atoms with van der Waals surface area (Å²) in [6.45, 7) is 14.3. The summed E-state index contributed by atoms with van der Waals surface area (Å²) in [5.41, 5.74) is 4.88. The van der Waals surface area contributed by atoms with Crippen LogP contribution in [0.5, 0.6) is 0 Å². The third-order valence-corrected chi connectivity index (χ3v) is 6.62. The maximum absolute atomic E-state index is 12.8. The van der Waals surface area contributed by atoms with Gasteiger partial charge in [-0.05, 0) is 83.5 Å². The number of hydrogen-bond acceptors (Lipinski definition) is 6. The van der Waals surface area contributed by atoms with Gasteiger partial charge in [0.15, 0.2) is 0 Å². The van der Waals surface area contributed by atoms with Crippen LogP contribution in [0, 0.1) is 0 Å². The van der Waals surface area contributed by atoms with Gasteiger partial charge in [0, 0.05) is 60.2 Å². The fourth-order valence-corrected chi connectivity index (χ4v) is 4.76. The average Bonchev–Trinajstić information content (AvgIpc) is 2.84. The lowest BCUT2D eigenvalue weighted by Crippen LogP contribution is -2.30. The van der Waals surface area contributed by atoms with E-state index in [0.29, 0.717) is 35.3 Å². The van der Waals surface area contributed by atoms with Gasteiger partial charge in [0.2, 0.25) is 5.78 Å². The molecule has 36 heavy (non-hydrogen) atoms. The van der Waals surface area contributed by atoms with Crippen LogP contribution in [0.3, 0.4) is 0 Å². The number of allylic oxidation sites excluding steroid dienone is 2. The molecule has 0 spiro atoms. The molecule has 1 aliphatic rings. The Bertz CT molecular complexity index is 1140. The summed E-state index contributed by atoms with van der Waals surface area (Å²) in [5, 5.41) is 20.8. The number of anilines is 2. The van der Waals surface area contributed by atoms with Gasteiger partial charge in [-0.3, -0.25) is 4.79 Å². The average molecular weight is 490 g/mol. The lowest BCUT2D eigenvalue weighted by molar-refractivity contribution is -0.109. The maximum Gasteiger partial charge on any atom is 0.208 e. The van der Waals surface area contributed by atoms with Crippen molar-refractivity contribution < 1.29 is 15.0 Å². The molecule has 0 amide bonds. The van der Waals surface area contributed by atoms with Crippen molar-refractivity contribution in [1.82, 2.24) is 0 Å². The second-order valence-electron chi connectivity index (χ2n) is 9.59. The highest BCUT2D eigenvalue weighted by Crippen LogP contribution is 2.28. The van der Waals surface area contributed by atoms with E-state index in [1.807, 2.05) is 36.4 Å². The number of rotatable bonds is 10. The van der Waals surface area contributed by atoms with E-state index in [1.54, 1.807) is 0 Å².